The summed E-state index contributed by atoms with van der Waals surface area (Å²) in [6.07, 6.45) is -2.64. The van der Waals surface area contributed by atoms with Crippen LogP contribution in [0.2, 0.25) is 0 Å². The fourth-order valence-corrected chi connectivity index (χ4v) is 2.46. The van der Waals surface area contributed by atoms with Gasteiger partial charge in [-0.25, -0.2) is 9.18 Å². The van der Waals surface area contributed by atoms with Crippen molar-refractivity contribution in [3.63, 3.8) is 0 Å². The molecule has 33 heavy (non-hydrogen) atoms. The van der Waals surface area contributed by atoms with E-state index in [0.717, 1.165) is 11.1 Å². The molecule has 0 fully saturated rings. The molecule has 1 unspecified atom stereocenters. The Bertz CT molecular complexity index is 964. The number of halogens is 3. The molecule has 1 atom stereocenters. The van der Waals surface area contributed by atoms with Crippen LogP contribution in [0, 0.1) is 0 Å². The van der Waals surface area contributed by atoms with Gasteiger partial charge in [0, 0.05) is 12.1 Å². The van der Waals surface area contributed by atoms with E-state index >= 15 is 0 Å². The lowest BCUT2D eigenvalue weighted by Crippen LogP contribution is -2.36. The summed E-state index contributed by atoms with van der Waals surface area (Å²) in [5, 5.41) is 7.62. The summed E-state index contributed by atoms with van der Waals surface area (Å²) >= 11 is 0. The third kappa shape index (κ3) is 7.64. The van der Waals surface area contributed by atoms with Crippen LogP contribution in [-0.2, 0) is 18.0 Å². The number of carboxylic acid groups (broad SMARTS) is 1. The Morgan fingerprint density at radius 1 is 0.879 bits per heavy atom. The van der Waals surface area contributed by atoms with Crippen LogP contribution in [0.15, 0.2) is 72.8 Å². The minimum Gasteiger partial charge on any atom is -0.485 e. The van der Waals surface area contributed by atoms with Gasteiger partial charge >= 0.3 is 11.9 Å². The molecule has 0 saturated carbocycles. The van der Waals surface area contributed by atoms with Gasteiger partial charge in [-0.05, 0) is 18.1 Å². The lowest BCUT2D eigenvalue weighted by Gasteiger charge is -2.15. The maximum atomic E-state index is 11.7. The number of nitrogen functional groups attached to an aromatic ring is 2. The van der Waals surface area contributed by atoms with Crippen LogP contribution in [0.4, 0.5) is 24.5 Å². The summed E-state index contributed by atoms with van der Waals surface area (Å²) in [6.45, 7) is 1.37. The van der Waals surface area contributed by atoms with Crippen molar-refractivity contribution in [1.82, 2.24) is 0 Å². The highest BCUT2D eigenvalue weighted by molar-refractivity contribution is 5.76. The minimum absolute atomic E-state index is 0.436. The number of hydrogen-bond donors (Lipinski definition) is 3. The molecule has 0 amide bonds. The number of rotatable bonds is 8. The standard InChI is InChI=1S/C20H20N2O2.C4H5F3O2/c21-17-11-19(23-13-15-7-3-1-4-8-15)20(12-18(17)22)24-14-16-9-5-2-6-10-16;1-2(5)4(6,7)3(8)9/h1-12H,13-14,21-22H2;2H,1H3,(H,8,9). The summed E-state index contributed by atoms with van der Waals surface area (Å²) in [6, 6.07) is 23.3. The molecule has 6 nitrogen and oxygen atoms in total. The molecule has 0 aromatic heterocycles. The van der Waals surface area contributed by atoms with Gasteiger partial charge in [-0.2, -0.15) is 8.78 Å². The third-order valence-electron chi connectivity index (χ3n) is 4.41. The highest BCUT2D eigenvalue weighted by Gasteiger charge is 2.45. The van der Waals surface area contributed by atoms with Gasteiger partial charge in [0.25, 0.3) is 0 Å². The molecule has 0 aliphatic carbocycles. The average molecular weight is 462 g/mol. The Balaban J connectivity index is 0.000000365. The number of benzene rings is 3. The summed E-state index contributed by atoms with van der Waals surface area (Å²) < 4.78 is 46.8. The molecule has 3 aromatic carbocycles. The molecular formula is C24H25F3N2O4. The van der Waals surface area contributed by atoms with E-state index in [1.807, 2.05) is 60.7 Å². The first-order chi connectivity index (χ1) is 15.6. The van der Waals surface area contributed by atoms with Gasteiger partial charge in [0.2, 0.25) is 0 Å². The summed E-state index contributed by atoms with van der Waals surface area (Å²) in [5.74, 6) is -5.51. The van der Waals surface area contributed by atoms with Crippen LogP contribution < -0.4 is 20.9 Å². The minimum atomic E-state index is -4.25. The van der Waals surface area contributed by atoms with Crippen LogP contribution in [0.1, 0.15) is 18.1 Å². The zero-order chi connectivity index (χ0) is 24.4. The van der Waals surface area contributed by atoms with E-state index < -0.39 is 18.1 Å². The molecule has 9 heteroatoms. The van der Waals surface area contributed by atoms with Gasteiger partial charge in [0.15, 0.2) is 17.7 Å². The second kappa shape index (κ2) is 11.7. The normalized spacial score (nSPS) is 11.6. The average Bonchev–Trinajstić information content (AvgIpc) is 2.80. The first-order valence-electron chi connectivity index (χ1n) is 9.89. The van der Waals surface area contributed by atoms with Gasteiger partial charge in [0.05, 0.1) is 11.4 Å². The zero-order valence-corrected chi connectivity index (χ0v) is 17.9. The Kier molecular flexibility index (Phi) is 8.97. The number of carboxylic acids is 1. The van der Waals surface area contributed by atoms with Crippen LogP contribution in [0.25, 0.3) is 0 Å². The topological polar surface area (TPSA) is 108 Å². The van der Waals surface area contributed by atoms with E-state index in [1.165, 1.54) is 0 Å². The summed E-state index contributed by atoms with van der Waals surface area (Å²) in [4.78, 5) is 9.47. The predicted octanol–water partition coefficient (Wildman–Crippen LogP) is 5.07. The molecule has 0 saturated heterocycles. The quantitative estimate of drug-likeness (QED) is 0.403. The molecule has 5 N–H and O–H groups in total. The molecule has 0 aliphatic rings. The molecule has 0 aliphatic heterocycles. The molecule has 176 valence electrons. The molecule has 3 rings (SSSR count). The van der Waals surface area contributed by atoms with E-state index in [0.29, 0.717) is 43.0 Å². The van der Waals surface area contributed by atoms with Crippen molar-refractivity contribution in [1.29, 1.82) is 0 Å². The number of carbonyl (C=O) groups is 1. The molecular weight excluding hydrogens is 437 g/mol. The maximum Gasteiger partial charge on any atom is 0.377 e. The van der Waals surface area contributed by atoms with Crippen LogP contribution in [0.5, 0.6) is 11.5 Å². The van der Waals surface area contributed by atoms with E-state index in [-0.39, 0.29) is 0 Å². The number of ether oxygens (including phenoxy) is 2. The number of nitrogens with two attached hydrogens (primary N) is 2. The van der Waals surface area contributed by atoms with E-state index in [1.54, 1.807) is 12.1 Å². The van der Waals surface area contributed by atoms with Crippen molar-refractivity contribution in [2.45, 2.75) is 32.2 Å². The largest absolute Gasteiger partial charge is 0.485 e. The maximum absolute atomic E-state index is 11.7. The van der Waals surface area contributed by atoms with Crippen LogP contribution in [0.3, 0.4) is 0 Å². The summed E-state index contributed by atoms with van der Waals surface area (Å²) in [7, 11) is 0. The predicted molar refractivity (Wildman–Crippen MR) is 120 cm³/mol. The van der Waals surface area contributed by atoms with Crippen molar-refractivity contribution in [2.24, 2.45) is 0 Å². The molecule has 0 spiro atoms. The van der Waals surface area contributed by atoms with Gasteiger partial charge in [-0.15, -0.1) is 0 Å². The van der Waals surface area contributed by atoms with Crippen molar-refractivity contribution >= 4 is 17.3 Å². The Hall–Kier alpha value is -3.88. The van der Waals surface area contributed by atoms with E-state index in [2.05, 4.69) is 0 Å². The SMILES string of the molecule is CC(F)C(F)(F)C(=O)O.Nc1cc(OCc2ccccc2)c(OCc2ccccc2)cc1N. The molecule has 0 heterocycles. The van der Waals surface area contributed by atoms with E-state index in [9.17, 15) is 18.0 Å². The fourth-order valence-electron chi connectivity index (χ4n) is 2.46. The van der Waals surface area contributed by atoms with Gasteiger partial charge in [-0.3, -0.25) is 0 Å². The third-order valence-corrected chi connectivity index (χ3v) is 4.41. The van der Waals surface area contributed by atoms with Crippen LogP contribution in [-0.4, -0.2) is 23.2 Å². The first-order valence-corrected chi connectivity index (χ1v) is 9.89. The Morgan fingerprint density at radius 3 is 1.52 bits per heavy atom. The number of alkyl halides is 3. The van der Waals surface area contributed by atoms with Crippen molar-refractivity contribution < 1.29 is 32.5 Å². The monoisotopic (exact) mass is 462 g/mol. The van der Waals surface area contributed by atoms with Crippen molar-refractivity contribution in [3.8, 4) is 11.5 Å². The second-order valence-corrected chi connectivity index (χ2v) is 7.02. The number of hydrogen-bond acceptors (Lipinski definition) is 5. The van der Waals surface area contributed by atoms with Gasteiger partial charge < -0.3 is 26.0 Å². The smallest absolute Gasteiger partial charge is 0.377 e. The highest BCUT2D eigenvalue weighted by Crippen LogP contribution is 2.35. The molecule has 0 bridgehead atoms. The molecule has 0 radical (unpaired) electrons. The molecule has 3 aromatic rings. The summed E-state index contributed by atoms with van der Waals surface area (Å²) in [5.41, 5.74) is 14.9. The first kappa shape index (κ1) is 25.4. The van der Waals surface area contributed by atoms with Crippen LogP contribution >= 0.6 is 0 Å². The Labute approximate surface area is 189 Å². The second-order valence-electron chi connectivity index (χ2n) is 7.02. The number of aliphatic carboxylic acids is 1. The Morgan fingerprint density at radius 2 is 1.24 bits per heavy atom. The zero-order valence-electron chi connectivity index (χ0n) is 17.9. The fraction of sp³-hybridized carbons (Fsp3) is 0.208. The van der Waals surface area contributed by atoms with Gasteiger partial charge in [-0.1, -0.05) is 60.7 Å². The van der Waals surface area contributed by atoms with Gasteiger partial charge in [0.1, 0.15) is 13.2 Å². The van der Waals surface area contributed by atoms with Crippen molar-refractivity contribution in [3.05, 3.63) is 83.9 Å². The van der Waals surface area contributed by atoms with E-state index in [4.69, 9.17) is 26.0 Å². The highest BCUT2D eigenvalue weighted by atomic mass is 19.3. The van der Waals surface area contributed by atoms with Crippen molar-refractivity contribution in [2.75, 3.05) is 11.5 Å². The lowest BCUT2D eigenvalue weighted by atomic mass is 10.2. The lowest BCUT2D eigenvalue weighted by molar-refractivity contribution is -0.173. The number of anilines is 2.